The van der Waals surface area contributed by atoms with Gasteiger partial charge in [0.1, 0.15) is 11.5 Å². The van der Waals surface area contributed by atoms with Crippen LogP contribution < -0.4 is 14.9 Å². The molecule has 7 heteroatoms. The Morgan fingerprint density at radius 3 is 2.50 bits per heavy atom. The van der Waals surface area contributed by atoms with Crippen molar-refractivity contribution >= 4 is 12.1 Å². The van der Waals surface area contributed by atoms with E-state index in [4.69, 9.17) is 18.9 Å². The van der Waals surface area contributed by atoms with Gasteiger partial charge in [0.25, 0.3) is 0 Å². The van der Waals surface area contributed by atoms with E-state index < -0.39 is 5.79 Å². The van der Waals surface area contributed by atoms with Crippen LogP contribution in [0.3, 0.4) is 0 Å². The van der Waals surface area contributed by atoms with Crippen LogP contribution in [0.1, 0.15) is 46.6 Å². The molecule has 0 unspecified atom stereocenters. The molecule has 0 aromatic heterocycles. The van der Waals surface area contributed by atoms with Crippen LogP contribution in [0, 0.1) is 0 Å². The molecule has 1 aromatic rings. The van der Waals surface area contributed by atoms with Crippen molar-refractivity contribution in [3.63, 3.8) is 0 Å². The van der Waals surface area contributed by atoms with Gasteiger partial charge in [0, 0.05) is 11.6 Å². The van der Waals surface area contributed by atoms with Gasteiger partial charge >= 0.3 is 0 Å². The summed E-state index contributed by atoms with van der Waals surface area (Å²) in [6, 6.07) is 5.51. The van der Waals surface area contributed by atoms with Crippen LogP contribution in [0.2, 0.25) is 0 Å². The van der Waals surface area contributed by atoms with Crippen molar-refractivity contribution in [3.05, 3.63) is 23.8 Å². The second kappa shape index (κ2) is 9.00. The third kappa shape index (κ3) is 6.31. The molecule has 2 rings (SSSR count). The standard InChI is InChI=1S/C19H28N2O5/c1-13(2)25-16-7-6-15(17(10-16)26-14(3)4)12-20-21-18(22)11-19(5)23-8-9-24-19/h6-7,10,12-14H,8-9,11H2,1-5H3,(H,21,22). The molecule has 0 atom stereocenters. The summed E-state index contributed by atoms with van der Waals surface area (Å²) in [7, 11) is 0. The van der Waals surface area contributed by atoms with E-state index in [1.165, 1.54) is 0 Å². The minimum absolute atomic E-state index is 0.00246. The van der Waals surface area contributed by atoms with Crippen LogP contribution in [0.25, 0.3) is 0 Å². The van der Waals surface area contributed by atoms with E-state index in [0.29, 0.717) is 19.0 Å². The molecule has 1 fully saturated rings. The van der Waals surface area contributed by atoms with Gasteiger partial charge in [0.15, 0.2) is 5.79 Å². The normalized spacial score (nSPS) is 16.4. The van der Waals surface area contributed by atoms with E-state index in [-0.39, 0.29) is 24.5 Å². The third-order valence-corrected chi connectivity index (χ3v) is 3.49. The number of hydrogen-bond acceptors (Lipinski definition) is 6. The molecular formula is C19H28N2O5. The second-order valence-corrected chi connectivity index (χ2v) is 6.83. The molecule has 0 aliphatic carbocycles. The Morgan fingerprint density at radius 1 is 1.23 bits per heavy atom. The first kappa shape index (κ1) is 20.2. The molecular weight excluding hydrogens is 336 g/mol. The fraction of sp³-hybridized carbons (Fsp3) is 0.579. The Balaban J connectivity index is 2.01. The topological polar surface area (TPSA) is 78.4 Å². The van der Waals surface area contributed by atoms with E-state index in [2.05, 4.69) is 10.5 Å². The largest absolute Gasteiger partial charge is 0.491 e. The highest BCUT2D eigenvalue weighted by molar-refractivity contribution is 5.85. The summed E-state index contributed by atoms with van der Waals surface area (Å²) >= 11 is 0. The summed E-state index contributed by atoms with van der Waals surface area (Å²) < 4.78 is 22.4. The lowest BCUT2D eigenvalue weighted by Gasteiger charge is -2.20. The van der Waals surface area contributed by atoms with Gasteiger partial charge in [-0.25, -0.2) is 5.43 Å². The number of carbonyl (C=O) groups excluding carboxylic acids is 1. The first-order chi connectivity index (χ1) is 12.3. The van der Waals surface area contributed by atoms with Gasteiger partial charge in [-0.2, -0.15) is 5.10 Å². The van der Waals surface area contributed by atoms with Gasteiger partial charge in [0.2, 0.25) is 5.91 Å². The summed E-state index contributed by atoms with van der Waals surface area (Å²) in [5.41, 5.74) is 3.24. The number of hydrazone groups is 1. The first-order valence-corrected chi connectivity index (χ1v) is 8.84. The van der Waals surface area contributed by atoms with Gasteiger partial charge in [-0.1, -0.05) is 0 Å². The summed E-state index contributed by atoms with van der Waals surface area (Å²) in [5.74, 6) is 0.212. The fourth-order valence-corrected chi connectivity index (χ4v) is 2.49. The smallest absolute Gasteiger partial charge is 0.245 e. The summed E-state index contributed by atoms with van der Waals surface area (Å²) in [6.07, 6.45) is 1.71. The summed E-state index contributed by atoms with van der Waals surface area (Å²) in [6.45, 7) is 10.5. The zero-order valence-electron chi connectivity index (χ0n) is 16.1. The minimum Gasteiger partial charge on any atom is -0.491 e. The maximum absolute atomic E-state index is 12.0. The Bertz CT molecular complexity index is 637. The number of nitrogens with one attached hydrogen (secondary N) is 1. The molecule has 26 heavy (non-hydrogen) atoms. The average Bonchev–Trinajstić information content (AvgIpc) is 2.94. The first-order valence-electron chi connectivity index (χ1n) is 8.84. The Kier molecular flexibility index (Phi) is 6.99. The molecule has 0 bridgehead atoms. The number of ether oxygens (including phenoxy) is 4. The lowest BCUT2D eigenvalue weighted by molar-refractivity contribution is -0.159. The van der Waals surface area contributed by atoms with Gasteiger partial charge in [0.05, 0.1) is 38.1 Å². The maximum Gasteiger partial charge on any atom is 0.245 e. The summed E-state index contributed by atoms with van der Waals surface area (Å²) in [4.78, 5) is 12.0. The fourth-order valence-electron chi connectivity index (χ4n) is 2.49. The lowest BCUT2D eigenvalue weighted by Crippen LogP contribution is -2.33. The maximum atomic E-state index is 12.0. The molecule has 0 saturated carbocycles. The highest BCUT2D eigenvalue weighted by Crippen LogP contribution is 2.26. The lowest BCUT2D eigenvalue weighted by atomic mass is 10.2. The van der Waals surface area contributed by atoms with Crippen molar-refractivity contribution < 1.29 is 23.7 Å². The Hall–Kier alpha value is -2.12. The zero-order chi connectivity index (χ0) is 19.2. The van der Waals surface area contributed by atoms with Crippen LogP contribution in [-0.2, 0) is 14.3 Å². The molecule has 1 aliphatic heterocycles. The monoisotopic (exact) mass is 364 g/mol. The molecule has 1 aromatic carbocycles. The third-order valence-electron chi connectivity index (χ3n) is 3.49. The minimum atomic E-state index is -0.874. The van der Waals surface area contributed by atoms with Crippen molar-refractivity contribution in [2.75, 3.05) is 13.2 Å². The number of benzene rings is 1. The van der Waals surface area contributed by atoms with Crippen molar-refractivity contribution in [2.45, 2.75) is 59.0 Å². The van der Waals surface area contributed by atoms with Crippen molar-refractivity contribution in [1.29, 1.82) is 0 Å². The molecule has 1 amide bonds. The Morgan fingerprint density at radius 2 is 1.88 bits per heavy atom. The second-order valence-electron chi connectivity index (χ2n) is 6.83. The summed E-state index contributed by atoms with van der Waals surface area (Å²) in [5, 5.41) is 4.02. The number of carbonyl (C=O) groups is 1. The van der Waals surface area contributed by atoms with Gasteiger partial charge in [-0.3, -0.25) is 4.79 Å². The SMILES string of the molecule is CC(C)Oc1ccc(C=NNC(=O)CC2(C)OCCO2)c(OC(C)C)c1. The van der Waals surface area contributed by atoms with Gasteiger partial charge < -0.3 is 18.9 Å². The van der Waals surface area contributed by atoms with Crippen LogP contribution in [0.5, 0.6) is 11.5 Å². The molecule has 1 aliphatic rings. The number of nitrogens with zero attached hydrogens (tertiary/aromatic N) is 1. The van der Waals surface area contributed by atoms with E-state index in [0.717, 1.165) is 11.3 Å². The quantitative estimate of drug-likeness (QED) is 0.567. The molecule has 1 N–H and O–H groups in total. The van der Waals surface area contributed by atoms with E-state index in [1.54, 1.807) is 13.1 Å². The van der Waals surface area contributed by atoms with Crippen LogP contribution >= 0.6 is 0 Å². The highest BCUT2D eigenvalue weighted by Gasteiger charge is 2.33. The predicted octanol–water partition coefficient (Wildman–Crippen LogP) is 2.86. The average molecular weight is 364 g/mol. The predicted molar refractivity (Wildman–Crippen MR) is 98.6 cm³/mol. The highest BCUT2D eigenvalue weighted by atomic mass is 16.7. The van der Waals surface area contributed by atoms with Crippen LogP contribution in [0.4, 0.5) is 0 Å². The molecule has 1 saturated heterocycles. The molecule has 0 spiro atoms. The van der Waals surface area contributed by atoms with Crippen LogP contribution in [0.15, 0.2) is 23.3 Å². The molecule has 7 nitrogen and oxygen atoms in total. The Labute approximate surface area is 154 Å². The van der Waals surface area contributed by atoms with Crippen molar-refractivity contribution in [1.82, 2.24) is 5.43 Å². The van der Waals surface area contributed by atoms with E-state index in [1.807, 2.05) is 45.9 Å². The van der Waals surface area contributed by atoms with Crippen molar-refractivity contribution in [2.24, 2.45) is 5.10 Å². The molecule has 1 heterocycles. The van der Waals surface area contributed by atoms with E-state index >= 15 is 0 Å². The zero-order valence-corrected chi connectivity index (χ0v) is 16.1. The number of amides is 1. The van der Waals surface area contributed by atoms with Gasteiger partial charge in [-0.15, -0.1) is 0 Å². The van der Waals surface area contributed by atoms with Crippen molar-refractivity contribution in [3.8, 4) is 11.5 Å². The van der Waals surface area contributed by atoms with Gasteiger partial charge in [-0.05, 0) is 46.8 Å². The number of rotatable bonds is 8. The molecule has 144 valence electrons. The number of hydrogen-bond donors (Lipinski definition) is 1. The molecule has 0 radical (unpaired) electrons. The van der Waals surface area contributed by atoms with Crippen LogP contribution in [-0.4, -0.2) is 43.3 Å². The van der Waals surface area contributed by atoms with E-state index in [9.17, 15) is 4.79 Å².